The van der Waals surface area contributed by atoms with Crippen molar-refractivity contribution in [3.8, 4) is 16.9 Å². The number of hydrogen-bond acceptors (Lipinski definition) is 7. The van der Waals surface area contributed by atoms with Crippen LogP contribution in [0.15, 0.2) is 42.7 Å². The van der Waals surface area contributed by atoms with Gasteiger partial charge in [-0.1, -0.05) is 18.2 Å². The summed E-state index contributed by atoms with van der Waals surface area (Å²) in [6.07, 6.45) is 8.30. The Hall–Kier alpha value is -3.17. The minimum atomic E-state index is -0.247. The van der Waals surface area contributed by atoms with Gasteiger partial charge in [0.05, 0.1) is 37.0 Å². The van der Waals surface area contributed by atoms with Crippen molar-refractivity contribution in [3.05, 3.63) is 48.4 Å². The molecule has 2 aromatic heterocycles. The second-order valence-electron chi connectivity index (χ2n) is 10.2. The number of fused-ring (bicyclic) bond motifs is 2. The molecule has 3 aliphatic heterocycles. The third-order valence-corrected chi connectivity index (χ3v) is 7.79. The zero-order valence-electron chi connectivity index (χ0n) is 20.1. The highest BCUT2D eigenvalue weighted by molar-refractivity contribution is 5.81. The van der Waals surface area contributed by atoms with E-state index in [0.717, 1.165) is 60.3 Å². The predicted molar refractivity (Wildman–Crippen MR) is 130 cm³/mol. The van der Waals surface area contributed by atoms with Gasteiger partial charge in [0, 0.05) is 36.5 Å². The predicted octanol–water partition coefficient (Wildman–Crippen LogP) is 4.01. The molecule has 0 spiro atoms. The van der Waals surface area contributed by atoms with E-state index in [2.05, 4.69) is 11.2 Å². The molecule has 9 nitrogen and oxygen atoms in total. The molecule has 1 amide bonds. The Morgan fingerprint density at radius 3 is 2.72 bits per heavy atom. The zero-order chi connectivity index (χ0) is 24.1. The van der Waals surface area contributed by atoms with Gasteiger partial charge < -0.3 is 23.8 Å². The molecular weight excluding hydrogens is 460 g/mol. The minimum Gasteiger partial charge on any atom is -0.490 e. The maximum Gasteiger partial charge on any atom is 0.410 e. The van der Waals surface area contributed by atoms with Crippen molar-refractivity contribution in [3.63, 3.8) is 0 Å². The van der Waals surface area contributed by atoms with Crippen molar-refractivity contribution in [2.75, 3.05) is 26.3 Å². The highest BCUT2D eigenvalue weighted by atomic mass is 16.7. The first-order valence-corrected chi connectivity index (χ1v) is 13.0. The smallest absolute Gasteiger partial charge is 0.410 e. The molecule has 3 aromatic rings. The molecule has 36 heavy (non-hydrogen) atoms. The molecule has 9 heteroatoms. The maximum absolute atomic E-state index is 12.8. The van der Waals surface area contributed by atoms with Gasteiger partial charge in [0.2, 0.25) is 0 Å². The fourth-order valence-electron chi connectivity index (χ4n) is 5.57. The van der Waals surface area contributed by atoms with Crippen LogP contribution in [-0.2, 0) is 14.2 Å². The Kier molecular flexibility index (Phi) is 5.54. The summed E-state index contributed by atoms with van der Waals surface area (Å²) in [5, 5.41) is 4.53. The van der Waals surface area contributed by atoms with Gasteiger partial charge >= 0.3 is 6.09 Å². The van der Waals surface area contributed by atoms with E-state index in [0.29, 0.717) is 32.4 Å². The van der Waals surface area contributed by atoms with Crippen LogP contribution in [0.4, 0.5) is 4.79 Å². The van der Waals surface area contributed by atoms with Crippen molar-refractivity contribution < 1.29 is 23.7 Å². The summed E-state index contributed by atoms with van der Waals surface area (Å²) >= 11 is 0. The summed E-state index contributed by atoms with van der Waals surface area (Å²) in [6, 6.07) is 10.2. The molecule has 0 bridgehead atoms. The summed E-state index contributed by atoms with van der Waals surface area (Å²) in [4.78, 5) is 19.7. The third kappa shape index (κ3) is 4.10. The molecule has 3 atom stereocenters. The SMILES string of the molecule is O=C(O[C@H]1CO[C@H]2OCC[C@H]21)N1CCC(c2ccn3ncc(-c4ccccc4OC4CC4)c3n2)CC1. The number of para-hydroxylation sites is 1. The second-order valence-corrected chi connectivity index (χ2v) is 10.2. The van der Waals surface area contributed by atoms with Crippen molar-refractivity contribution >= 4 is 11.7 Å². The van der Waals surface area contributed by atoms with Gasteiger partial charge in [-0.05, 0) is 44.2 Å². The van der Waals surface area contributed by atoms with E-state index in [-0.39, 0.29) is 30.3 Å². The molecule has 0 unspecified atom stereocenters. The van der Waals surface area contributed by atoms with Crippen molar-refractivity contribution in [2.24, 2.45) is 5.92 Å². The third-order valence-electron chi connectivity index (χ3n) is 7.79. The minimum absolute atomic E-state index is 0.159. The Labute approximate surface area is 209 Å². The standard InChI is InChI=1S/C27H30N4O5/c32-27(36-24-16-34-26-20(24)10-14-33-26)30-11-7-17(8-12-30)22-9-13-31-25(29-22)21(15-28-31)19-3-1-2-4-23(19)35-18-5-6-18/h1-4,9,13,15,17-18,20,24,26H,5-8,10-12,14,16H2/t20-,24-,26+/m0/s1. The number of carbonyl (C=O) groups is 1. The lowest BCUT2D eigenvalue weighted by atomic mass is 9.93. The van der Waals surface area contributed by atoms with E-state index in [9.17, 15) is 4.79 Å². The number of benzene rings is 1. The number of amides is 1. The van der Waals surface area contributed by atoms with Gasteiger partial charge in [0.25, 0.3) is 0 Å². The summed E-state index contributed by atoms with van der Waals surface area (Å²) in [6.45, 7) is 2.39. The molecule has 1 saturated carbocycles. The molecule has 1 aromatic carbocycles. The molecular formula is C27H30N4O5. The monoisotopic (exact) mass is 490 g/mol. The van der Waals surface area contributed by atoms with Gasteiger partial charge in [-0.15, -0.1) is 0 Å². The van der Waals surface area contributed by atoms with Crippen molar-refractivity contribution in [1.29, 1.82) is 0 Å². The van der Waals surface area contributed by atoms with Crippen LogP contribution < -0.4 is 4.74 Å². The topological polar surface area (TPSA) is 87.4 Å². The maximum atomic E-state index is 12.8. The van der Waals surface area contributed by atoms with Gasteiger partial charge in [-0.25, -0.2) is 14.3 Å². The highest BCUT2D eigenvalue weighted by Crippen LogP contribution is 2.37. The van der Waals surface area contributed by atoms with Crippen LogP contribution in [0.1, 0.15) is 43.7 Å². The average Bonchev–Trinajstić information content (AvgIpc) is 3.28. The Balaban J connectivity index is 1.04. The number of piperidine rings is 1. The van der Waals surface area contributed by atoms with E-state index in [4.69, 9.17) is 23.9 Å². The van der Waals surface area contributed by atoms with Crippen LogP contribution in [-0.4, -0.2) is 70.4 Å². The number of rotatable bonds is 5. The largest absolute Gasteiger partial charge is 0.490 e. The highest BCUT2D eigenvalue weighted by Gasteiger charge is 2.44. The lowest BCUT2D eigenvalue weighted by Gasteiger charge is -2.32. The van der Waals surface area contributed by atoms with E-state index in [1.165, 1.54) is 0 Å². The first kappa shape index (κ1) is 22.1. The number of carbonyl (C=O) groups excluding carboxylic acids is 1. The molecule has 188 valence electrons. The normalized spacial score (nSPS) is 26.3. The number of hydrogen-bond donors (Lipinski definition) is 0. The number of nitrogens with zero attached hydrogens (tertiary/aromatic N) is 4. The first-order chi connectivity index (χ1) is 17.7. The lowest BCUT2D eigenvalue weighted by molar-refractivity contribution is -0.0907. The number of likely N-dealkylation sites (tertiary alicyclic amines) is 1. The van der Waals surface area contributed by atoms with Gasteiger partial charge in [-0.2, -0.15) is 5.10 Å². The molecule has 5 heterocycles. The fourth-order valence-corrected chi connectivity index (χ4v) is 5.57. The quantitative estimate of drug-likeness (QED) is 0.534. The first-order valence-electron chi connectivity index (χ1n) is 13.0. The van der Waals surface area contributed by atoms with E-state index < -0.39 is 0 Å². The van der Waals surface area contributed by atoms with Crippen LogP contribution in [0.3, 0.4) is 0 Å². The van der Waals surface area contributed by atoms with E-state index in [1.807, 2.05) is 46.1 Å². The van der Waals surface area contributed by atoms with E-state index >= 15 is 0 Å². The molecule has 4 fully saturated rings. The molecule has 1 aliphatic carbocycles. The average molecular weight is 491 g/mol. The number of aromatic nitrogens is 3. The van der Waals surface area contributed by atoms with Crippen LogP contribution in [0.5, 0.6) is 5.75 Å². The summed E-state index contributed by atoms with van der Waals surface area (Å²) in [7, 11) is 0. The van der Waals surface area contributed by atoms with Gasteiger partial charge in [0.1, 0.15) is 11.9 Å². The summed E-state index contributed by atoms with van der Waals surface area (Å²) < 4.78 is 24.9. The van der Waals surface area contributed by atoms with Crippen LogP contribution >= 0.6 is 0 Å². The Bertz CT molecular complexity index is 1270. The van der Waals surface area contributed by atoms with Gasteiger partial charge in [-0.3, -0.25) is 0 Å². The van der Waals surface area contributed by atoms with Crippen molar-refractivity contribution in [1.82, 2.24) is 19.5 Å². The van der Waals surface area contributed by atoms with Crippen LogP contribution in [0, 0.1) is 5.92 Å². The zero-order valence-corrected chi connectivity index (χ0v) is 20.1. The molecule has 0 radical (unpaired) electrons. The van der Waals surface area contributed by atoms with Gasteiger partial charge in [0.15, 0.2) is 11.9 Å². The Morgan fingerprint density at radius 2 is 1.86 bits per heavy atom. The molecule has 4 aliphatic rings. The van der Waals surface area contributed by atoms with Crippen molar-refractivity contribution in [2.45, 2.75) is 56.5 Å². The molecule has 7 rings (SSSR count). The number of ether oxygens (including phenoxy) is 4. The van der Waals surface area contributed by atoms with Crippen LogP contribution in [0.25, 0.3) is 16.8 Å². The molecule has 3 saturated heterocycles. The fraction of sp³-hybridized carbons (Fsp3) is 0.519. The summed E-state index contributed by atoms with van der Waals surface area (Å²) in [5.74, 6) is 1.33. The van der Waals surface area contributed by atoms with E-state index in [1.54, 1.807) is 0 Å². The Morgan fingerprint density at radius 1 is 1.00 bits per heavy atom. The molecule has 0 N–H and O–H groups in total. The lowest BCUT2D eigenvalue weighted by Crippen LogP contribution is -2.41. The second kappa shape index (κ2) is 9.05. The van der Waals surface area contributed by atoms with Crippen LogP contribution in [0.2, 0.25) is 0 Å². The summed E-state index contributed by atoms with van der Waals surface area (Å²) in [5.41, 5.74) is 3.86.